The summed E-state index contributed by atoms with van der Waals surface area (Å²) in [6.07, 6.45) is 4.74. The van der Waals surface area contributed by atoms with Gasteiger partial charge < -0.3 is 10.4 Å². The molecule has 0 unspecified atom stereocenters. The van der Waals surface area contributed by atoms with Crippen LogP contribution in [0.15, 0.2) is 42.7 Å². The summed E-state index contributed by atoms with van der Waals surface area (Å²) in [5.74, 6) is 0.709. The van der Waals surface area contributed by atoms with Gasteiger partial charge in [-0.25, -0.2) is 4.98 Å². The summed E-state index contributed by atoms with van der Waals surface area (Å²) in [7, 11) is 0. The Kier molecular flexibility index (Phi) is 2.62. The number of rotatable bonds is 1. The molecule has 118 valence electrons. The Morgan fingerprint density at radius 2 is 2.00 bits per heavy atom. The van der Waals surface area contributed by atoms with Gasteiger partial charge in [0.05, 0.1) is 17.5 Å². The van der Waals surface area contributed by atoms with Gasteiger partial charge >= 0.3 is 0 Å². The van der Waals surface area contributed by atoms with Crippen molar-refractivity contribution in [2.45, 2.75) is 24.9 Å². The van der Waals surface area contributed by atoms with Gasteiger partial charge in [-0.2, -0.15) is 0 Å². The van der Waals surface area contributed by atoms with E-state index in [1.807, 2.05) is 18.2 Å². The molecular formula is C19H15N3O2. The maximum atomic E-state index is 12.7. The molecule has 5 heteroatoms. The van der Waals surface area contributed by atoms with Crippen LogP contribution in [0.5, 0.6) is 0 Å². The quantitative estimate of drug-likeness (QED) is 0.721. The van der Waals surface area contributed by atoms with Crippen LogP contribution in [0.3, 0.4) is 0 Å². The van der Waals surface area contributed by atoms with Gasteiger partial charge in [0.15, 0.2) is 0 Å². The summed E-state index contributed by atoms with van der Waals surface area (Å²) < 4.78 is 0. The minimum Gasteiger partial charge on any atom is -0.392 e. The first-order valence-corrected chi connectivity index (χ1v) is 7.98. The molecule has 3 aromatic rings. The number of aliphatic hydroxyl groups is 1. The fourth-order valence-corrected chi connectivity index (χ4v) is 4.03. The third-order valence-electron chi connectivity index (χ3n) is 5.22. The second kappa shape index (κ2) is 4.61. The second-order valence-corrected chi connectivity index (χ2v) is 6.60. The summed E-state index contributed by atoms with van der Waals surface area (Å²) in [4.78, 5) is 21.4. The summed E-state index contributed by atoms with van der Waals surface area (Å²) >= 11 is 0. The van der Waals surface area contributed by atoms with Crippen molar-refractivity contribution in [1.82, 2.24) is 9.97 Å². The minimum atomic E-state index is -0.552. The molecule has 1 aromatic carbocycles. The first kappa shape index (κ1) is 13.6. The smallest absolute Gasteiger partial charge is 0.237 e. The third-order valence-corrected chi connectivity index (χ3v) is 5.22. The molecule has 5 rings (SSSR count). The predicted molar refractivity (Wildman–Crippen MR) is 89.6 cm³/mol. The Hall–Kier alpha value is -2.79. The van der Waals surface area contributed by atoms with E-state index in [4.69, 9.17) is 0 Å². The molecule has 2 N–H and O–H groups in total. The SMILES string of the molecule is O=C1Nc2ncccc2[C@@]12Cc1cc3cc(CO)cnc3cc1C2. The Bertz CT molecular complexity index is 1010. The summed E-state index contributed by atoms with van der Waals surface area (Å²) in [6, 6.07) is 10.0. The van der Waals surface area contributed by atoms with Gasteiger partial charge in [0.1, 0.15) is 5.82 Å². The molecule has 1 spiro atoms. The number of benzene rings is 1. The topological polar surface area (TPSA) is 75.1 Å². The van der Waals surface area contributed by atoms with Gasteiger partial charge in [-0.1, -0.05) is 6.07 Å². The van der Waals surface area contributed by atoms with E-state index in [0.717, 1.165) is 22.0 Å². The van der Waals surface area contributed by atoms with E-state index in [2.05, 4.69) is 27.4 Å². The van der Waals surface area contributed by atoms with Gasteiger partial charge in [0.25, 0.3) is 0 Å². The molecule has 1 atom stereocenters. The summed E-state index contributed by atoms with van der Waals surface area (Å²) in [5, 5.41) is 13.2. The molecule has 24 heavy (non-hydrogen) atoms. The van der Waals surface area contributed by atoms with E-state index >= 15 is 0 Å². The number of anilines is 1. The van der Waals surface area contributed by atoms with Crippen LogP contribution >= 0.6 is 0 Å². The number of nitrogens with zero attached hydrogens (tertiary/aromatic N) is 2. The molecule has 1 aliphatic carbocycles. The van der Waals surface area contributed by atoms with E-state index < -0.39 is 5.41 Å². The highest BCUT2D eigenvalue weighted by Crippen LogP contribution is 2.47. The van der Waals surface area contributed by atoms with Gasteiger partial charge in [0.2, 0.25) is 5.91 Å². The van der Waals surface area contributed by atoms with E-state index in [0.29, 0.717) is 18.7 Å². The highest BCUT2D eigenvalue weighted by molar-refractivity contribution is 6.06. The highest BCUT2D eigenvalue weighted by atomic mass is 16.3. The number of hydrogen-bond acceptors (Lipinski definition) is 4. The molecule has 2 aromatic heterocycles. The number of amides is 1. The molecule has 0 saturated heterocycles. The monoisotopic (exact) mass is 317 g/mol. The van der Waals surface area contributed by atoms with Crippen molar-refractivity contribution in [3.05, 3.63) is 65.0 Å². The van der Waals surface area contributed by atoms with Gasteiger partial charge in [-0.05, 0) is 53.8 Å². The van der Waals surface area contributed by atoms with Crippen molar-refractivity contribution in [2.24, 2.45) is 0 Å². The second-order valence-electron chi connectivity index (χ2n) is 6.60. The van der Waals surface area contributed by atoms with Crippen molar-refractivity contribution < 1.29 is 9.90 Å². The van der Waals surface area contributed by atoms with Gasteiger partial charge in [-0.15, -0.1) is 0 Å². The van der Waals surface area contributed by atoms with Crippen LogP contribution in [-0.2, 0) is 29.7 Å². The fraction of sp³-hybridized carbons (Fsp3) is 0.211. The average molecular weight is 317 g/mol. The van der Waals surface area contributed by atoms with E-state index in [9.17, 15) is 9.90 Å². The zero-order valence-electron chi connectivity index (χ0n) is 12.9. The minimum absolute atomic E-state index is 0.0224. The molecule has 2 aliphatic rings. The lowest BCUT2D eigenvalue weighted by molar-refractivity contribution is -0.120. The van der Waals surface area contributed by atoms with Crippen molar-refractivity contribution in [2.75, 3.05) is 5.32 Å². The van der Waals surface area contributed by atoms with Crippen molar-refractivity contribution in [1.29, 1.82) is 0 Å². The predicted octanol–water partition coefficient (Wildman–Crippen LogP) is 2.11. The number of carbonyl (C=O) groups excluding carboxylic acids is 1. The molecule has 0 bridgehead atoms. The lowest BCUT2D eigenvalue weighted by Crippen LogP contribution is -2.35. The Morgan fingerprint density at radius 1 is 1.17 bits per heavy atom. The summed E-state index contributed by atoms with van der Waals surface area (Å²) in [6.45, 7) is -0.0224. The number of carbonyl (C=O) groups is 1. The lowest BCUT2D eigenvalue weighted by atomic mass is 9.79. The Morgan fingerprint density at radius 3 is 2.83 bits per heavy atom. The molecule has 1 aliphatic heterocycles. The largest absolute Gasteiger partial charge is 0.392 e. The van der Waals surface area contributed by atoms with Crippen LogP contribution in [0.1, 0.15) is 22.3 Å². The molecule has 1 amide bonds. The highest BCUT2D eigenvalue weighted by Gasteiger charge is 2.51. The van der Waals surface area contributed by atoms with Gasteiger partial charge in [-0.3, -0.25) is 9.78 Å². The molecule has 3 heterocycles. The van der Waals surface area contributed by atoms with Crippen molar-refractivity contribution in [3.63, 3.8) is 0 Å². The number of aromatic nitrogens is 2. The Balaban J connectivity index is 1.66. The first-order valence-electron chi connectivity index (χ1n) is 7.98. The maximum absolute atomic E-state index is 12.7. The molecule has 5 nitrogen and oxygen atoms in total. The van der Waals surface area contributed by atoms with Crippen LogP contribution < -0.4 is 5.32 Å². The average Bonchev–Trinajstić information content (AvgIpc) is 3.10. The standard InChI is InChI=1S/C19H15N3O2/c23-10-11-4-12-5-13-7-19(8-14(13)6-16(12)21-9-11)15-2-1-3-20-17(15)22-18(19)24/h1-6,9,23H,7-8,10H2,(H,20,22,24)/t19-/m0/s1. The number of pyridine rings is 2. The van der Waals surface area contributed by atoms with Crippen LogP contribution in [0.2, 0.25) is 0 Å². The maximum Gasteiger partial charge on any atom is 0.237 e. The van der Waals surface area contributed by atoms with E-state index in [1.165, 1.54) is 11.1 Å². The zero-order chi connectivity index (χ0) is 16.3. The van der Waals surface area contributed by atoms with Crippen LogP contribution in [-0.4, -0.2) is 21.0 Å². The normalized spacial score (nSPS) is 21.1. The van der Waals surface area contributed by atoms with E-state index in [1.54, 1.807) is 12.4 Å². The van der Waals surface area contributed by atoms with Crippen LogP contribution in [0.25, 0.3) is 10.9 Å². The summed E-state index contributed by atoms with van der Waals surface area (Å²) in [5.41, 5.74) is 4.46. The Labute approximate surface area is 138 Å². The molecule has 0 fully saturated rings. The van der Waals surface area contributed by atoms with E-state index in [-0.39, 0.29) is 12.5 Å². The van der Waals surface area contributed by atoms with Gasteiger partial charge in [0, 0.05) is 23.3 Å². The zero-order valence-corrected chi connectivity index (χ0v) is 12.9. The third kappa shape index (κ3) is 1.70. The van der Waals surface area contributed by atoms with Crippen molar-refractivity contribution >= 4 is 22.6 Å². The molecular weight excluding hydrogens is 302 g/mol. The molecule has 0 radical (unpaired) electrons. The lowest BCUT2D eigenvalue weighted by Gasteiger charge is -2.20. The van der Waals surface area contributed by atoms with Crippen LogP contribution in [0.4, 0.5) is 5.82 Å². The van der Waals surface area contributed by atoms with Crippen LogP contribution in [0, 0.1) is 0 Å². The van der Waals surface area contributed by atoms with Crippen molar-refractivity contribution in [3.8, 4) is 0 Å². The fourth-order valence-electron chi connectivity index (χ4n) is 4.03. The number of hydrogen-bond donors (Lipinski definition) is 2. The number of nitrogens with one attached hydrogen (secondary N) is 1. The molecule has 0 saturated carbocycles. The number of fused-ring (bicyclic) bond motifs is 4. The first-order chi connectivity index (χ1) is 11.7. The number of aliphatic hydroxyl groups excluding tert-OH is 1.